The molecule has 0 radical (unpaired) electrons. The van der Waals surface area contributed by atoms with Crippen LogP contribution >= 0.6 is 0 Å². The number of benzene rings is 1. The molecule has 0 aromatic heterocycles. The molecule has 0 saturated heterocycles. The summed E-state index contributed by atoms with van der Waals surface area (Å²) in [5.74, 6) is 0. The molecule has 0 fully saturated rings. The highest BCUT2D eigenvalue weighted by molar-refractivity contribution is 5.21. The second-order valence-electron chi connectivity index (χ2n) is 3.93. The van der Waals surface area contributed by atoms with Crippen molar-refractivity contribution in [1.82, 2.24) is 5.32 Å². The van der Waals surface area contributed by atoms with Gasteiger partial charge >= 0.3 is 0 Å². The molecule has 1 aromatic rings. The van der Waals surface area contributed by atoms with Crippen LogP contribution in [0.4, 0.5) is 0 Å². The Labute approximate surface area is 92.6 Å². The van der Waals surface area contributed by atoms with Gasteiger partial charge in [0.1, 0.15) is 0 Å². The third-order valence-electron chi connectivity index (χ3n) is 2.58. The minimum Gasteiger partial charge on any atom is -0.383 e. The van der Waals surface area contributed by atoms with E-state index in [-0.39, 0.29) is 0 Å². The van der Waals surface area contributed by atoms with Crippen molar-refractivity contribution >= 4 is 0 Å². The van der Waals surface area contributed by atoms with Gasteiger partial charge in [-0.1, -0.05) is 36.8 Å². The third-order valence-corrected chi connectivity index (χ3v) is 2.58. The van der Waals surface area contributed by atoms with Crippen molar-refractivity contribution in [3.05, 3.63) is 35.4 Å². The monoisotopic (exact) mass is 207 g/mol. The minimum absolute atomic E-state index is 0.455. The van der Waals surface area contributed by atoms with E-state index < -0.39 is 0 Å². The van der Waals surface area contributed by atoms with Gasteiger partial charge < -0.3 is 10.1 Å². The van der Waals surface area contributed by atoms with Crippen LogP contribution in [0.3, 0.4) is 0 Å². The Hall–Kier alpha value is -0.860. The Balaban J connectivity index is 2.38. The molecular formula is C13H21NO. The van der Waals surface area contributed by atoms with Gasteiger partial charge in [-0.05, 0) is 18.9 Å². The van der Waals surface area contributed by atoms with Crippen LogP contribution in [0.25, 0.3) is 0 Å². The fraction of sp³-hybridized carbons (Fsp3) is 0.538. The highest BCUT2D eigenvalue weighted by Gasteiger charge is 2.04. The molecule has 0 heterocycles. The fourth-order valence-electron chi connectivity index (χ4n) is 1.49. The van der Waals surface area contributed by atoms with Gasteiger partial charge in [0.25, 0.3) is 0 Å². The summed E-state index contributed by atoms with van der Waals surface area (Å²) >= 11 is 0. The van der Waals surface area contributed by atoms with E-state index >= 15 is 0 Å². The van der Waals surface area contributed by atoms with E-state index in [0.717, 1.165) is 19.6 Å². The summed E-state index contributed by atoms with van der Waals surface area (Å²) < 4.78 is 5.14. The second-order valence-corrected chi connectivity index (χ2v) is 3.93. The topological polar surface area (TPSA) is 21.3 Å². The second kappa shape index (κ2) is 6.59. The van der Waals surface area contributed by atoms with Gasteiger partial charge in [0.05, 0.1) is 6.61 Å². The van der Waals surface area contributed by atoms with Crippen molar-refractivity contribution in [2.24, 2.45) is 0 Å². The lowest BCUT2D eigenvalue weighted by Crippen LogP contribution is -2.31. The average molecular weight is 207 g/mol. The van der Waals surface area contributed by atoms with E-state index in [1.807, 2.05) is 0 Å². The van der Waals surface area contributed by atoms with Crippen LogP contribution in [0, 0.1) is 6.92 Å². The van der Waals surface area contributed by atoms with Crippen LogP contribution in [0.2, 0.25) is 0 Å². The van der Waals surface area contributed by atoms with Gasteiger partial charge in [-0.15, -0.1) is 0 Å². The summed E-state index contributed by atoms with van der Waals surface area (Å²) in [5, 5.41) is 3.48. The van der Waals surface area contributed by atoms with Crippen molar-refractivity contribution < 1.29 is 4.74 Å². The predicted octanol–water partition coefficient (Wildman–Crippen LogP) is 2.51. The van der Waals surface area contributed by atoms with E-state index in [1.165, 1.54) is 11.1 Å². The molecule has 2 heteroatoms. The molecule has 0 saturated carbocycles. The zero-order valence-electron chi connectivity index (χ0n) is 9.92. The van der Waals surface area contributed by atoms with E-state index in [4.69, 9.17) is 4.74 Å². The number of methoxy groups -OCH3 is 1. The SMILES string of the molecule is CC[C@@H](COC)NCc1ccc(C)cc1. The Morgan fingerprint density at radius 1 is 1.27 bits per heavy atom. The predicted molar refractivity (Wildman–Crippen MR) is 64.0 cm³/mol. The summed E-state index contributed by atoms with van der Waals surface area (Å²) in [6.07, 6.45) is 1.10. The van der Waals surface area contributed by atoms with Crippen molar-refractivity contribution in [2.45, 2.75) is 32.9 Å². The Bertz CT molecular complexity index is 268. The number of hydrogen-bond donors (Lipinski definition) is 1. The molecule has 0 aliphatic heterocycles. The molecule has 0 spiro atoms. The van der Waals surface area contributed by atoms with Crippen LogP contribution < -0.4 is 5.32 Å². The van der Waals surface area contributed by atoms with Crippen LogP contribution in [0.15, 0.2) is 24.3 Å². The van der Waals surface area contributed by atoms with E-state index in [9.17, 15) is 0 Å². The summed E-state index contributed by atoms with van der Waals surface area (Å²) in [6.45, 7) is 5.98. The lowest BCUT2D eigenvalue weighted by Gasteiger charge is -2.15. The third kappa shape index (κ3) is 4.45. The normalized spacial score (nSPS) is 12.7. The molecule has 0 aliphatic carbocycles. The van der Waals surface area contributed by atoms with Crippen LogP contribution in [-0.4, -0.2) is 19.8 Å². The summed E-state index contributed by atoms with van der Waals surface area (Å²) in [6, 6.07) is 9.09. The van der Waals surface area contributed by atoms with E-state index in [2.05, 4.69) is 43.4 Å². The molecule has 0 bridgehead atoms. The molecule has 0 amide bonds. The van der Waals surface area contributed by atoms with Crippen molar-refractivity contribution in [1.29, 1.82) is 0 Å². The number of hydrogen-bond acceptors (Lipinski definition) is 2. The van der Waals surface area contributed by atoms with Crippen molar-refractivity contribution in [2.75, 3.05) is 13.7 Å². The maximum atomic E-state index is 5.14. The van der Waals surface area contributed by atoms with Gasteiger partial charge in [0.15, 0.2) is 0 Å². The van der Waals surface area contributed by atoms with Crippen molar-refractivity contribution in [3.8, 4) is 0 Å². The van der Waals surface area contributed by atoms with E-state index in [1.54, 1.807) is 7.11 Å². The largest absolute Gasteiger partial charge is 0.383 e. The summed E-state index contributed by atoms with van der Waals surface area (Å²) in [5.41, 5.74) is 2.64. The molecule has 1 atom stereocenters. The number of ether oxygens (including phenoxy) is 1. The number of nitrogens with one attached hydrogen (secondary N) is 1. The van der Waals surface area contributed by atoms with Gasteiger partial charge in [0, 0.05) is 19.7 Å². The first-order valence-electron chi connectivity index (χ1n) is 5.54. The summed E-state index contributed by atoms with van der Waals surface area (Å²) in [4.78, 5) is 0. The molecule has 2 nitrogen and oxygen atoms in total. The molecule has 1 rings (SSSR count). The Morgan fingerprint density at radius 2 is 1.93 bits per heavy atom. The van der Waals surface area contributed by atoms with Gasteiger partial charge in [-0.25, -0.2) is 0 Å². The van der Waals surface area contributed by atoms with Gasteiger partial charge in [0.2, 0.25) is 0 Å². The molecule has 84 valence electrons. The zero-order chi connectivity index (χ0) is 11.1. The first kappa shape index (κ1) is 12.2. The minimum atomic E-state index is 0.455. The van der Waals surface area contributed by atoms with E-state index in [0.29, 0.717) is 6.04 Å². The Kier molecular flexibility index (Phi) is 5.37. The summed E-state index contributed by atoms with van der Waals surface area (Å²) in [7, 11) is 1.75. The first-order chi connectivity index (χ1) is 7.26. The highest BCUT2D eigenvalue weighted by atomic mass is 16.5. The lowest BCUT2D eigenvalue weighted by molar-refractivity contribution is 0.164. The lowest BCUT2D eigenvalue weighted by atomic mass is 10.1. The molecule has 0 unspecified atom stereocenters. The van der Waals surface area contributed by atoms with Gasteiger partial charge in [-0.3, -0.25) is 0 Å². The average Bonchev–Trinajstić information content (AvgIpc) is 2.26. The quantitative estimate of drug-likeness (QED) is 0.774. The fourth-order valence-corrected chi connectivity index (χ4v) is 1.49. The zero-order valence-corrected chi connectivity index (χ0v) is 9.92. The highest BCUT2D eigenvalue weighted by Crippen LogP contribution is 2.03. The smallest absolute Gasteiger partial charge is 0.0615 e. The van der Waals surface area contributed by atoms with Crippen LogP contribution in [-0.2, 0) is 11.3 Å². The standard InChI is InChI=1S/C13H21NO/c1-4-13(10-15-3)14-9-12-7-5-11(2)6-8-12/h5-8,13-14H,4,9-10H2,1-3H3/t13-/m0/s1. The molecule has 1 N–H and O–H groups in total. The first-order valence-corrected chi connectivity index (χ1v) is 5.54. The number of aryl methyl sites for hydroxylation is 1. The maximum absolute atomic E-state index is 5.14. The Morgan fingerprint density at radius 3 is 2.47 bits per heavy atom. The van der Waals surface area contributed by atoms with Crippen LogP contribution in [0.1, 0.15) is 24.5 Å². The molecule has 15 heavy (non-hydrogen) atoms. The van der Waals surface area contributed by atoms with Crippen molar-refractivity contribution in [3.63, 3.8) is 0 Å². The maximum Gasteiger partial charge on any atom is 0.0615 e. The van der Waals surface area contributed by atoms with Gasteiger partial charge in [-0.2, -0.15) is 0 Å². The molecule has 1 aromatic carbocycles. The molecule has 0 aliphatic rings. The number of rotatable bonds is 6. The van der Waals surface area contributed by atoms with Crippen LogP contribution in [0.5, 0.6) is 0 Å². The molecular weight excluding hydrogens is 186 g/mol.